The number of nitrogens with zero attached hydrogens (tertiary/aromatic N) is 2. The highest BCUT2D eigenvalue weighted by molar-refractivity contribution is 14.1. The van der Waals surface area contributed by atoms with Crippen LogP contribution in [0.2, 0.25) is 0 Å². The summed E-state index contributed by atoms with van der Waals surface area (Å²) in [5.41, 5.74) is 1.25. The molecule has 0 atom stereocenters. The van der Waals surface area contributed by atoms with Crippen LogP contribution in [0.4, 0.5) is 0 Å². The molecule has 2 heterocycles. The van der Waals surface area contributed by atoms with Crippen LogP contribution in [0, 0.1) is 3.57 Å². The van der Waals surface area contributed by atoms with Crippen LogP contribution in [-0.2, 0) is 4.74 Å². The lowest BCUT2D eigenvalue weighted by Crippen LogP contribution is -2.00. The molecule has 0 aromatic carbocycles. The van der Waals surface area contributed by atoms with Crippen molar-refractivity contribution in [3.05, 3.63) is 33.7 Å². The zero-order chi connectivity index (χ0) is 10.1. The molecule has 0 unspecified atom stereocenters. The molecule has 0 aliphatic carbocycles. The van der Waals surface area contributed by atoms with E-state index in [1.54, 1.807) is 4.52 Å². The van der Waals surface area contributed by atoms with Crippen molar-refractivity contribution in [2.24, 2.45) is 0 Å². The molecular weight excluding hydrogens is 295 g/mol. The molecule has 0 spiro atoms. The van der Waals surface area contributed by atoms with Gasteiger partial charge in [0.05, 0.1) is 18.8 Å². The van der Waals surface area contributed by atoms with Gasteiger partial charge in [-0.1, -0.05) is 0 Å². The second-order valence-corrected chi connectivity index (χ2v) is 3.97. The van der Waals surface area contributed by atoms with E-state index in [1.165, 1.54) is 13.3 Å². The summed E-state index contributed by atoms with van der Waals surface area (Å²) >= 11 is 2.19. The van der Waals surface area contributed by atoms with Crippen molar-refractivity contribution in [1.82, 2.24) is 9.61 Å². The second-order valence-electron chi connectivity index (χ2n) is 2.73. The smallest absolute Gasteiger partial charge is 0.341 e. The van der Waals surface area contributed by atoms with Crippen LogP contribution >= 0.6 is 22.6 Å². The summed E-state index contributed by atoms with van der Waals surface area (Å²) in [5.74, 6) is -0.360. The molecular formula is C9H7IN2O2. The normalized spacial score (nSPS) is 10.4. The van der Waals surface area contributed by atoms with Gasteiger partial charge >= 0.3 is 5.97 Å². The first-order chi connectivity index (χ1) is 6.72. The number of rotatable bonds is 1. The Morgan fingerprint density at radius 2 is 2.36 bits per heavy atom. The summed E-state index contributed by atoms with van der Waals surface area (Å²) in [5, 5.41) is 4.06. The number of methoxy groups -OCH3 is 1. The predicted molar refractivity (Wildman–Crippen MR) is 59.2 cm³/mol. The summed E-state index contributed by atoms with van der Waals surface area (Å²) in [6, 6.07) is 3.77. The topological polar surface area (TPSA) is 43.6 Å². The first-order valence-corrected chi connectivity index (χ1v) is 5.01. The van der Waals surface area contributed by atoms with Gasteiger partial charge in [-0.05, 0) is 34.7 Å². The second kappa shape index (κ2) is 3.56. The molecule has 0 bridgehead atoms. The minimum atomic E-state index is -0.360. The summed E-state index contributed by atoms with van der Waals surface area (Å²) < 4.78 is 7.36. The van der Waals surface area contributed by atoms with E-state index in [2.05, 4.69) is 32.4 Å². The molecule has 0 aliphatic heterocycles. The largest absolute Gasteiger partial charge is 0.465 e. The minimum absolute atomic E-state index is 0.360. The van der Waals surface area contributed by atoms with Gasteiger partial charge in [-0.25, -0.2) is 9.31 Å². The summed E-state index contributed by atoms with van der Waals surface area (Å²) in [7, 11) is 1.36. The number of pyridine rings is 1. The van der Waals surface area contributed by atoms with Crippen molar-refractivity contribution in [1.29, 1.82) is 0 Å². The fourth-order valence-electron chi connectivity index (χ4n) is 1.23. The van der Waals surface area contributed by atoms with Crippen LogP contribution in [-0.4, -0.2) is 22.7 Å². The van der Waals surface area contributed by atoms with Crippen molar-refractivity contribution in [3.63, 3.8) is 0 Å². The quantitative estimate of drug-likeness (QED) is 0.595. The molecule has 72 valence electrons. The molecule has 0 aliphatic rings. The van der Waals surface area contributed by atoms with Crippen LogP contribution in [0.3, 0.4) is 0 Å². The lowest BCUT2D eigenvalue weighted by molar-refractivity contribution is 0.0603. The van der Waals surface area contributed by atoms with Gasteiger partial charge in [0.15, 0.2) is 0 Å². The van der Waals surface area contributed by atoms with Gasteiger partial charge < -0.3 is 4.74 Å². The number of esters is 1. The van der Waals surface area contributed by atoms with Crippen molar-refractivity contribution in [2.75, 3.05) is 7.11 Å². The average Bonchev–Trinajstić information content (AvgIpc) is 2.59. The maximum absolute atomic E-state index is 11.3. The van der Waals surface area contributed by atoms with Gasteiger partial charge in [0.1, 0.15) is 5.56 Å². The van der Waals surface area contributed by atoms with E-state index in [4.69, 9.17) is 0 Å². The highest BCUT2D eigenvalue weighted by Crippen LogP contribution is 2.13. The number of halogens is 1. The molecule has 2 rings (SSSR count). The van der Waals surface area contributed by atoms with E-state index >= 15 is 0 Å². The van der Waals surface area contributed by atoms with Crippen LogP contribution in [0.25, 0.3) is 5.52 Å². The van der Waals surface area contributed by atoms with Crippen molar-refractivity contribution in [2.45, 2.75) is 0 Å². The molecule has 5 heteroatoms. The number of ether oxygens (including phenoxy) is 1. The van der Waals surface area contributed by atoms with Crippen LogP contribution in [0.15, 0.2) is 24.5 Å². The van der Waals surface area contributed by atoms with Crippen molar-refractivity contribution >= 4 is 34.1 Å². The van der Waals surface area contributed by atoms with Gasteiger partial charge in [0.25, 0.3) is 0 Å². The highest BCUT2D eigenvalue weighted by Gasteiger charge is 2.12. The molecule has 0 saturated heterocycles. The average molecular weight is 302 g/mol. The number of fused-ring (bicyclic) bond motifs is 1. The zero-order valence-corrected chi connectivity index (χ0v) is 9.56. The van der Waals surface area contributed by atoms with Crippen LogP contribution in [0.1, 0.15) is 10.4 Å². The van der Waals surface area contributed by atoms with Gasteiger partial charge in [-0.3, -0.25) is 0 Å². The van der Waals surface area contributed by atoms with E-state index in [0.717, 1.165) is 9.09 Å². The lowest BCUT2D eigenvalue weighted by Gasteiger charge is -1.97. The standard InChI is InChI=1S/C9H7IN2O2/c1-14-9(13)7-4-11-12-5-6(10)2-3-8(7)12/h2-5H,1H3. The third kappa shape index (κ3) is 1.47. The number of hydrogen-bond donors (Lipinski definition) is 0. The van der Waals surface area contributed by atoms with Gasteiger partial charge in [-0.15, -0.1) is 0 Å². The van der Waals surface area contributed by atoms with Gasteiger partial charge in [0.2, 0.25) is 0 Å². The molecule has 4 nitrogen and oxygen atoms in total. The predicted octanol–water partition coefficient (Wildman–Crippen LogP) is 1.73. The third-order valence-corrected chi connectivity index (χ3v) is 2.52. The summed E-state index contributed by atoms with van der Waals surface area (Å²) in [6.07, 6.45) is 3.36. The maximum atomic E-state index is 11.3. The van der Waals surface area contributed by atoms with E-state index in [9.17, 15) is 4.79 Å². The molecule has 0 N–H and O–H groups in total. The Balaban J connectivity index is 2.64. The Labute approximate surface area is 94.0 Å². The Bertz CT molecular complexity index is 493. The maximum Gasteiger partial charge on any atom is 0.341 e. The Morgan fingerprint density at radius 1 is 1.57 bits per heavy atom. The third-order valence-electron chi connectivity index (χ3n) is 1.89. The minimum Gasteiger partial charge on any atom is -0.465 e. The zero-order valence-electron chi connectivity index (χ0n) is 7.40. The number of hydrogen-bond acceptors (Lipinski definition) is 3. The molecule has 0 fully saturated rings. The fraction of sp³-hybridized carbons (Fsp3) is 0.111. The van der Waals surface area contributed by atoms with Crippen molar-refractivity contribution in [3.8, 4) is 0 Å². The fourth-order valence-corrected chi connectivity index (χ4v) is 1.67. The SMILES string of the molecule is COC(=O)c1cnn2cc(I)ccc12. The van der Waals surface area contributed by atoms with E-state index < -0.39 is 0 Å². The number of aromatic nitrogens is 2. The Kier molecular flexibility index (Phi) is 2.40. The molecule has 0 amide bonds. The first-order valence-electron chi connectivity index (χ1n) is 3.93. The van der Waals surface area contributed by atoms with E-state index in [-0.39, 0.29) is 5.97 Å². The number of carbonyl (C=O) groups excluding carboxylic acids is 1. The molecule has 2 aromatic heterocycles. The lowest BCUT2D eigenvalue weighted by atomic mass is 10.3. The highest BCUT2D eigenvalue weighted by atomic mass is 127. The van der Waals surface area contributed by atoms with Crippen molar-refractivity contribution < 1.29 is 9.53 Å². The number of carbonyl (C=O) groups is 1. The molecule has 14 heavy (non-hydrogen) atoms. The summed E-state index contributed by atoms with van der Waals surface area (Å²) in [6.45, 7) is 0. The molecule has 0 saturated carbocycles. The first kappa shape index (κ1) is 9.45. The monoisotopic (exact) mass is 302 g/mol. The molecule has 0 radical (unpaired) electrons. The van der Waals surface area contributed by atoms with Crippen LogP contribution in [0.5, 0.6) is 0 Å². The Hall–Kier alpha value is -1.11. The van der Waals surface area contributed by atoms with Gasteiger partial charge in [0, 0.05) is 9.77 Å². The Morgan fingerprint density at radius 3 is 3.07 bits per heavy atom. The van der Waals surface area contributed by atoms with Crippen LogP contribution < -0.4 is 0 Å². The van der Waals surface area contributed by atoms with Gasteiger partial charge in [-0.2, -0.15) is 5.10 Å². The van der Waals surface area contributed by atoms with E-state index in [1.807, 2.05) is 18.3 Å². The molecule has 2 aromatic rings. The van der Waals surface area contributed by atoms with E-state index in [0.29, 0.717) is 5.56 Å². The summed E-state index contributed by atoms with van der Waals surface area (Å²) in [4.78, 5) is 11.3.